The van der Waals surface area contributed by atoms with Gasteiger partial charge in [-0.3, -0.25) is 9.69 Å². The van der Waals surface area contributed by atoms with Crippen LogP contribution in [0.4, 0.5) is 0 Å². The van der Waals surface area contributed by atoms with E-state index in [2.05, 4.69) is 11.0 Å². The molecule has 0 saturated carbocycles. The van der Waals surface area contributed by atoms with Crippen LogP contribution in [0.25, 0.3) is 10.2 Å². The van der Waals surface area contributed by atoms with Crippen molar-refractivity contribution in [1.82, 2.24) is 14.8 Å². The Morgan fingerprint density at radius 3 is 2.59 bits per heavy atom. The van der Waals surface area contributed by atoms with E-state index in [0.717, 1.165) is 30.2 Å². The maximum atomic E-state index is 12.9. The molecule has 1 aromatic heterocycles. The van der Waals surface area contributed by atoms with Crippen molar-refractivity contribution in [3.63, 3.8) is 0 Å². The Balaban J connectivity index is 1.40. The minimum absolute atomic E-state index is 0.0486. The van der Waals surface area contributed by atoms with Crippen molar-refractivity contribution in [3.8, 4) is 11.5 Å². The van der Waals surface area contributed by atoms with Crippen molar-refractivity contribution < 1.29 is 14.3 Å². The number of aromatic nitrogens is 1. The molecule has 2 heterocycles. The highest BCUT2D eigenvalue weighted by atomic mass is 35.5. The molecule has 1 amide bonds. The van der Waals surface area contributed by atoms with Gasteiger partial charge in [-0.2, -0.15) is 0 Å². The maximum absolute atomic E-state index is 12.9. The number of hydrogen-bond acceptors (Lipinski definition) is 6. The van der Waals surface area contributed by atoms with Crippen LogP contribution in [-0.4, -0.2) is 61.1 Å². The molecule has 8 heteroatoms. The summed E-state index contributed by atoms with van der Waals surface area (Å²) < 4.78 is 11.8. The molecule has 29 heavy (non-hydrogen) atoms. The number of amides is 1. The van der Waals surface area contributed by atoms with Crippen molar-refractivity contribution in [2.75, 3.05) is 40.4 Å². The molecule has 0 aliphatic carbocycles. The average molecular weight is 432 g/mol. The zero-order valence-corrected chi connectivity index (χ0v) is 17.9. The van der Waals surface area contributed by atoms with E-state index in [4.69, 9.17) is 26.1 Å². The second-order valence-corrected chi connectivity index (χ2v) is 8.36. The summed E-state index contributed by atoms with van der Waals surface area (Å²) in [6.45, 7) is 3.75. The summed E-state index contributed by atoms with van der Waals surface area (Å²) in [5, 5.41) is 1.47. The van der Waals surface area contributed by atoms with E-state index in [9.17, 15) is 4.79 Å². The molecule has 1 saturated heterocycles. The SMILES string of the molecule is COc1cc(C(=O)N2CCN(Cc3nc4ccccc4s3)CC2)cc(Cl)c1OC. The normalized spacial score (nSPS) is 14.9. The lowest BCUT2D eigenvalue weighted by molar-refractivity contribution is 0.0628. The highest BCUT2D eigenvalue weighted by molar-refractivity contribution is 7.18. The molecule has 0 radical (unpaired) electrons. The number of rotatable bonds is 5. The number of carbonyl (C=O) groups is 1. The summed E-state index contributed by atoms with van der Waals surface area (Å²) in [6.07, 6.45) is 0. The lowest BCUT2D eigenvalue weighted by Crippen LogP contribution is -2.48. The van der Waals surface area contributed by atoms with Gasteiger partial charge in [-0.05, 0) is 24.3 Å². The number of methoxy groups -OCH3 is 2. The van der Waals surface area contributed by atoms with Crippen LogP contribution in [0.2, 0.25) is 5.02 Å². The highest BCUT2D eigenvalue weighted by Gasteiger charge is 2.24. The zero-order valence-electron chi connectivity index (χ0n) is 16.4. The lowest BCUT2D eigenvalue weighted by Gasteiger charge is -2.34. The van der Waals surface area contributed by atoms with E-state index >= 15 is 0 Å². The van der Waals surface area contributed by atoms with E-state index in [1.165, 1.54) is 18.9 Å². The van der Waals surface area contributed by atoms with Crippen molar-refractivity contribution >= 4 is 39.1 Å². The van der Waals surface area contributed by atoms with Gasteiger partial charge in [0.2, 0.25) is 0 Å². The Kier molecular flexibility index (Phi) is 5.89. The number of ether oxygens (including phenoxy) is 2. The van der Waals surface area contributed by atoms with Gasteiger partial charge in [-0.25, -0.2) is 4.98 Å². The Morgan fingerprint density at radius 1 is 1.14 bits per heavy atom. The fraction of sp³-hybridized carbons (Fsp3) is 0.333. The smallest absolute Gasteiger partial charge is 0.254 e. The Bertz CT molecular complexity index is 998. The molecule has 4 rings (SSSR count). The molecule has 0 N–H and O–H groups in total. The second kappa shape index (κ2) is 8.57. The molecule has 152 valence electrons. The van der Waals surface area contributed by atoms with Crippen LogP contribution in [0.5, 0.6) is 11.5 Å². The van der Waals surface area contributed by atoms with E-state index in [-0.39, 0.29) is 5.91 Å². The summed E-state index contributed by atoms with van der Waals surface area (Å²) in [5.41, 5.74) is 1.55. The predicted octanol–water partition coefficient (Wildman–Crippen LogP) is 3.92. The number of nitrogens with zero attached hydrogens (tertiary/aromatic N) is 3. The van der Waals surface area contributed by atoms with Crippen LogP contribution in [0.15, 0.2) is 36.4 Å². The third kappa shape index (κ3) is 4.17. The number of fused-ring (bicyclic) bond motifs is 1. The first kappa shape index (κ1) is 19.9. The third-order valence-electron chi connectivity index (χ3n) is 5.04. The summed E-state index contributed by atoms with van der Waals surface area (Å²) in [7, 11) is 3.05. The first-order valence-electron chi connectivity index (χ1n) is 9.36. The average Bonchev–Trinajstić information content (AvgIpc) is 3.15. The summed E-state index contributed by atoms with van der Waals surface area (Å²) >= 11 is 7.98. The Morgan fingerprint density at radius 2 is 1.90 bits per heavy atom. The summed E-state index contributed by atoms with van der Waals surface area (Å²) in [4.78, 5) is 21.8. The molecule has 2 aromatic carbocycles. The number of benzene rings is 2. The largest absolute Gasteiger partial charge is 0.493 e. The molecular formula is C21H22ClN3O3S. The van der Waals surface area contributed by atoms with Crippen LogP contribution >= 0.6 is 22.9 Å². The van der Waals surface area contributed by atoms with E-state index in [1.54, 1.807) is 23.5 Å². The predicted molar refractivity (Wildman–Crippen MR) is 115 cm³/mol. The molecule has 3 aromatic rings. The standard InChI is InChI=1S/C21H22ClN3O3S/c1-27-17-12-14(11-15(22)20(17)28-2)21(26)25-9-7-24(8-10-25)13-19-23-16-5-3-4-6-18(16)29-19/h3-6,11-12H,7-10,13H2,1-2H3. The third-order valence-corrected chi connectivity index (χ3v) is 6.34. The van der Waals surface area contributed by atoms with Crippen LogP contribution in [0.3, 0.4) is 0 Å². The minimum Gasteiger partial charge on any atom is -0.493 e. The maximum Gasteiger partial charge on any atom is 0.254 e. The molecule has 1 fully saturated rings. The number of para-hydroxylation sites is 1. The zero-order chi connectivity index (χ0) is 20.4. The van der Waals surface area contributed by atoms with Gasteiger partial charge in [0.05, 0.1) is 36.0 Å². The molecule has 1 aliphatic heterocycles. The van der Waals surface area contributed by atoms with Gasteiger partial charge >= 0.3 is 0 Å². The van der Waals surface area contributed by atoms with Crippen LogP contribution in [0, 0.1) is 0 Å². The number of hydrogen-bond donors (Lipinski definition) is 0. The van der Waals surface area contributed by atoms with E-state index in [1.807, 2.05) is 23.1 Å². The highest BCUT2D eigenvalue weighted by Crippen LogP contribution is 2.36. The first-order valence-corrected chi connectivity index (χ1v) is 10.6. The van der Waals surface area contributed by atoms with E-state index < -0.39 is 0 Å². The van der Waals surface area contributed by atoms with Gasteiger partial charge in [0.1, 0.15) is 5.01 Å². The summed E-state index contributed by atoms with van der Waals surface area (Å²) in [5.74, 6) is 0.844. The quantitative estimate of drug-likeness (QED) is 0.612. The summed E-state index contributed by atoms with van der Waals surface area (Å²) in [6, 6.07) is 11.5. The molecule has 0 bridgehead atoms. The molecule has 0 unspecified atom stereocenters. The second-order valence-electron chi connectivity index (χ2n) is 6.84. The van der Waals surface area contributed by atoms with E-state index in [0.29, 0.717) is 35.2 Å². The first-order chi connectivity index (χ1) is 14.1. The number of piperazine rings is 1. The van der Waals surface area contributed by atoms with Crippen LogP contribution in [-0.2, 0) is 6.54 Å². The number of carbonyl (C=O) groups excluding carboxylic acids is 1. The van der Waals surface area contributed by atoms with Gasteiger partial charge in [0, 0.05) is 31.7 Å². The van der Waals surface area contributed by atoms with Gasteiger partial charge < -0.3 is 14.4 Å². The molecule has 1 aliphatic rings. The number of thiazole rings is 1. The molecular weight excluding hydrogens is 410 g/mol. The van der Waals surface area contributed by atoms with Crippen molar-refractivity contribution in [2.24, 2.45) is 0 Å². The van der Waals surface area contributed by atoms with Gasteiger partial charge in [0.15, 0.2) is 11.5 Å². The van der Waals surface area contributed by atoms with Gasteiger partial charge in [-0.1, -0.05) is 23.7 Å². The molecule has 0 spiro atoms. The monoisotopic (exact) mass is 431 g/mol. The Labute approximate surface area is 178 Å². The van der Waals surface area contributed by atoms with Gasteiger partial charge in [0.25, 0.3) is 5.91 Å². The van der Waals surface area contributed by atoms with Crippen LogP contribution in [0.1, 0.15) is 15.4 Å². The minimum atomic E-state index is -0.0486. The van der Waals surface area contributed by atoms with Crippen molar-refractivity contribution in [3.05, 3.63) is 52.0 Å². The van der Waals surface area contributed by atoms with Crippen molar-refractivity contribution in [1.29, 1.82) is 0 Å². The molecule has 0 atom stereocenters. The van der Waals surface area contributed by atoms with Crippen LogP contribution < -0.4 is 9.47 Å². The topological polar surface area (TPSA) is 54.9 Å². The lowest BCUT2D eigenvalue weighted by atomic mass is 10.1. The fourth-order valence-electron chi connectivity index (χ4n) is 3.51. The Hall–Kier alpha value is -2.35. The molecule has 6 nitrogen and oxygen atoms in total. The van der Waals surface area contributed by atoms with Gasteiger partial charge in [-0.15, -0.1) is 11.3 Å². The number of halogens is 1. The fourth-order valence-corrected chi connectivity index (χ4v) is 4.81. The van der Waals surface area contributed by atoms with Crippen molar-refractivity contribution in [2.45, 2.75) is 6.54 Å².